The van der Waals surface area contributed by atoms with Crippen molar-refractivity contribution in [2.45, 2.75) is 26.1 Å². The maximum absolute atomic E-state index is 12.4. The Morgan fingerprint density at radius 1 is 1.13 bits per heavy atom. The van der Waals surface area contributed by atoms with Gasteiger partial charge in [0, 0.05) is 12.0 Å². The third kappa shape index (κ3) is 6.00. The number of hydrogen-bond acceptors (Lipinski definition) is 5. The van der Waals surface area contributed by atoms with Crippen LogP contribution in [0, 0.1) is 6.92 Å². The van der Waals surface area contributed by atoms with Gasteiger partial charge in [0.15, 0.2) is 0 Å². The van der Waals surface area contributed by atoms with Gasteiger partial charge in [-0.1, -0.05) is 18.2 Å². The van der Waals surface area contributed by atoms with Crippen LogP contribution in [-0.2, 0) is 17.6 Å². The number of halogens is 3. The highest BCUT2D eigenvalue weighted by atomic mass is 19.4. The minimum Gasteiger partial charge on any atom is -0.493 e. The van der Waals surface area contributed by atoms with Crippen LogP contribution in [0.4, 0.5) is 13.2 Å². The highest BCUT2D eigenvalue weighted by molar-refractivity contribution is 5.70. The third-order valence-corrected chi connectivity index (χ3v) is 4.07. The molecule has 0 bridgehead atoms. The minimum atomic E-state index is -4.78. The molecule has 0 aliphatic carbocycles. The van der Waals surface area contributed by atoms with Crippen molar-refractivity contribution < 1.29 is 37.0 Å². The van der Waals surface area contributed by atoms with Crippen LogP contribution in [0.1, 0.15) is 17.0 Å². The molecule has 1 aromatic heterocycles. The molecule has 0 amide bonds. The first-order chi connectivity index (χ1) is 14.2. The largest absolute Gasteiger partial charge is 0.573 e. The number of alkyl halides is 3. The molecule has 2 aromatic carbocycles. The van der Waals surface area contributed by atoms with Crippen molar-refractivity contribution in [2.75, 3.05) is 6.61 Å². The van der Waals surface area contributed by atoms with Gasteiger partial charge in [-0.25, -0.2) is 4.98 Å². The molecule has 3 aromatic rings. The number of rotatable bonds is 8. The fourth-order valence-corrected chi connectivity index (χ4v) is 2.80. The number of carbonyl (C=O) groups is 1. The number of ether oxygens (including phenoxy) is 2. The Morgan fingerprint density at radius 2 is 1.87 bits per heavy atom. The van der Waals surface area contributed by atoms with Crippen LogP contribution in [0.2, 0.25) is 0 Å². The molecule has 3 rings (SSSR count). The summed E-state index contributed by atoms with van der Waals surface area (Å²) in [5, 5.41) is 8.86. The summed E-state index contributed by atoms with van der Waals surface area (Å²) < 4.78 is 52.4. The van der Waals surface area contributed by atoms with Crippen LogP contribution in [0.15, 0.2) is 52.9 Å². The molecule has 0 saturated heterocycles. The van der Waals surface area contributed by atoms with Gasteiger partial charge >= 0.3 is 12.3 Å². The number of nitrogens with zero attached hydrogens (tertiary/aromatic N) is 1. The molecule has 0 aliphatic rings. The fourth-order valence-electron chi connectivity index (χ4n) is 2.80. The van der Waals surface area contributed by atoms with Gasteiger partial charge in [-0.15, -0.1) is 13.2 Å². The van der Waals surface area contributed by atoms with Crippen molar-refractivity contribution in [3.8, 4) is 23.0 Å². The van der Waals surface area contributed by atoms with E-state index in [2.05, 4.69) is 9.72 Å². The normalized spacial score (nSPS) is 11.3. The second-order valence-corrected chi connectivity index (χ2v) is 6.41. The highest BCUT2D eigenvalue weighted by Gasteiger charge is 2.31. The van der Waals surface area contributed by atoms with Gasteiger partial charge in [0.25, 0.3) is 0 Å². The number of carboxylic acid groups (broad SMARTS) is 1. The van der Waals surface area contributed by atoms with Gasteiger partial charge in [0.05, 0.1) is 18.7 Å². The molecule has 1 N–H and O–H groups in total. The number of oxazole rings is 1. The van der Waals surface area contributed by atoms with E-state index in [9.17, 15) is 18.0 Å². The summed E-state index contributed by atoms with van der Waals surface area (Å²) in [6, 6.07) is 12.2. The van der Waals surface area contributed by atoms with Crippen molar-refractivity contribution in [3.63, 3.8) is 0 Å². The topological polar surface area (TPSA) is 81.8 Å². The zero-order valence-corrected chi connectivity index (χ0v) is 15.9. The standard InChI is InChI=1S/C21H18F3NO5/c1-13-18(8-9-28-16-6-2-4-14(10-16)11-19(26)27)25-20(29-13)15-5-3-7-17(12-15)30-21(22,23)24/h2-7,10,12H,8-9,11H2,1H3,(H,26,27). The molecule has 0 spiro atoms. The summed E-state index contributed by atoms with van der Waals surface area (Å²) in [5.74, 6) is -0.0503. The first-order valence-electron chi connectivity index (χ1n) is 8.95. The number of benzene rings is 2. The molecule has 6 nitrogen and oxygen atoms in total. The van der Waals surface area contributed by atoms with Gasteiger partial charge < -0.3 is 19.0 Å². The van der Waals surface area contributed by atoms with E-state index in [0.717, 1.165) is 0 Å². The van der Waals surface area contributed by atoms with E-state index in [0.29, 0.717) is 34.8 Å². The van der Waals surface area contributed by atoms with E-state index in [1.54, 1.807) is 37.3 Å². The maximum Gasteiger partial charge on any atom is 0.573 e. The second kappa shape index (κ2) is 8.89. The lowest BCUT2D eigenvalue weighted by Crippen LogP contribution is -2.17. The molecule has 0 saturated carbocycles. The van der Waals surface area contributed by atoms with Crippen molar-refractivity contribution in [3.05, 3.63) is 65.5 Å². The van der Waals surface area contributed by atoms with Crippen LogP contribution >= 0.6 is 0 Å². The van der Waals surface area contributed by atoms with Gasteiger partial charge in [0.2, 0.25) is 5.89 Å². The Hall–Kier alpha value is -3.49. The van der Waals surface area contributed by atoms with Crippen molar-refractivity contribution in [1.82, 2.24) is 4.98 Å². The number of carboxylic acids is 1. The monoisotopic (exact) mass is 421 g/mol. The van der Waals surface area contributed by atoms with E-state index >= 15 is 0 Å². The lowest BCUT2D eigenvalue weighted by Gasteiger charge is -2.08. The van der Waals surface area contributed by atoms with E-state index in [1.165, 1.54) is 18.2 Å². The SMILES string of the molecule is Cc1oc(-c2cccc(OC(F)(F)F)c2)nc1CCOc1cccc(CC(=O)O)c1. The summed E-state index contributed by atoms with van der Waals surface area (Å²) in [6.45, 7) is 1.97. The quantitative estimate of drug-likeness (QED) is 0.563. The first kappa shape index (κ1) is 21.2. The zero-order chi connectivity index (χ0) is 21.7. The van der Waals surface area contributed by atoms with Crippen molar-refractivity contribution >= 4 is 5.97 Å². The van der Waals surface area contributed by atoms with Crippen LogP contribution < -0.4 is 9.47 Å². The number of aliphatic carboxylic acids is 1. The molecule has 0 fully saturated rings. The zero-order valence-electron chi connectivity index (χ0n) is 15.9. The molecule has 0 aliphatic heterocycles. The number of aromatic nitrogens is 1. The van der Waals surface area contributed by atoms with Crippen molar-refractivity contribution in [1.29, 1.82) is 0 Å². The smallest absolute Gasteiger partial charge is 0.493 e. The highest BCUT2D eigenvalue weighted by Crippen LogP contribution is 2.28. The molecule has 30 heavy (non-hydrogen) atoms. The molecule has 0 radical (unpaired) electrons. The average Bonchev–Trinajstić information content (AvgIpc) is 3.01. The van der Waals surface area contributed by atoms with Gasteiger partial charge in [-0.2, -0.15) is 0 Å². The van der Waals surface area contributed by atoms with E-state index in [1.807, 2.05) is 0 Å². The van der Waals surface area contributed by atoms with E-state index in [-0.39, 0.29) is 24.7 Å². The molecule has 1 heterocycles. The Labute approximate surface area is 169 Å². The Bertz CT molecular complexity index is 1030. The molecule has 0 unspecified atom stereocenters. The summed E-state index contributed by atoms with van der Waals surface area (Å²) in [5.41, 5.74) is 1.59. The van der Waals surface area contributed by atoms with Crippen LogP contribution in [-0.4, -0.2) is 29.0 Å². The van der Waals surface area contributed by atoms with E-state index < -0.39 is 12.3 Å². The molecule has 9 heteroatoms. The lowest BCUT2D eigenvalue weighted by molar-refractivity contribution is -0.274. The van der Waals surface area contributed by atoms with Gasteiger partial charge in [-0.05, 0) is 42.8 Å². The number of aryl methyl sites for hydroxylation is 1. The number of hydrogen-bond donors (Lipinski definition) is 1. The van der Waals surface area contributed by atoms with Crippen molar-refractivity contribution in [2.24, 2.45) is 0 Å². The summed E-state index contributed by atoms with van der Waals surface area (Å²) in [4.78, 5) is 15.1. The van der Waals surface area contributed by atoms with Gasteiger partial charge in [-0.3, -0.25) is 4.79 Å². The first-order valence-corrected chi connectivity index (χ1v) is 8.95. The average molecular weight is 421 g/mol. The summed E-state index contributed by atoms with van der Waals surface area (Å²) >= 11 is 0. The molecular weight excluding hydrogens is 403 g/mol. The molecular formula is C21H18F3NO5. The van der Waals surface area contributed by atoms with Crippen LogP contribution in [0.3, 0.4) is 0 Å². The fraction of sp³-hybridized carbons (Fsp3) is 0.238. The Balaban J connectivity index is 1.64. The van der Waals surface area contributed by atoms with E-state index in [4.69, 9.17) is 14.3 Å². The summed E-state index contributed by atoms with van der Waals surface area (Å²) in [7, 11) is 0. The Kier molecular flexibility index (Phi) is 6.29. The predicted molar refractivity (Wildman–Crippen MR) is 100 cm³/mol. The second-order valence-electron chi connectivity index (χ2n) is 6.41. The summed E-state index contributed by atoms with van der Waals surface area (Å²) in [6.07, 6.45) is -4.48. The van der Waals surface area contributed by atoms with Gasteiger partial charge in [0.1, 0.15) is 17.3 Å². The Morgan fingerprint density at radius 3 is 2.60 bits per heavy atom. The predicted octanol–water partition coefficient (Wildman–Crippen LogP) is 4.80. The lowest BCUT2D eigenvalue weighted by atomic mass is 10.1. The molecule has 158 valence electrons. The van der Waals surface area contributed by atoms with Crippen LogP contribution in [0.25, 0.3) is 11.5 Å². The molecule has 0 atom stereocenters. The van der Waals surface area contributed by atoms with Crippen LogP contribution in [0.5, 0.6) is 11.5 Å². The minimum absolute atomic E-state index is 0.0972. The third-order valence-electron chi connectivity index (χ3n) is 4.07. The maximum atomic E-state index is 12.4.